The van der Waals surface area contributed by atoms with E-state index in [1.807, 2.05) is 0 Å². The molecule has 0 unspecified atom stereocenters. The van der Waals surface area contributed by atoms with Gasteiger partial charge in [-0.1, -0.05) is 18.2 Å². The number of benzene rings is 2. The van der Waals surface area contributed by atoms with Crippen LogP contribution in [-0.4, -0.2) is 93.3 Å². The SMILES string of the molecule is COc1cccc(N(C)C)c1CN1CCC(Nc2nc(N3CCN(C)CC3)nc3ccccc23)CC1. The molecule has 1 aromatic heterocycles. The van der Waals surface area contributed by atoms with E-state index in [2.05, 4.69) is 88.5 Å². The van der Waals surface area contributed by atoms with Gasteiger partial charge >= 0.3 is 0 Å². The Kier molecular flexibility index (Phi) is 7.43. The molecule has 0 saturated carbocycles. The minimum atomic E-state index is 0.394. The van der Waals surface area contributed by atoms with E-state index in [9.17, 15) is 0 Å². The second kappa shape index (κ2) is 10.9. The van der Waals surface area contributed by atoms with E-state index in [0.29, 0.717) is 6.04 Å². The number of ether oxygens (including phenoxy) is 1. The number of nitrogens with zero attached hydrogens (tertiary/aromatic N) is 6. The van der Waals surface area contributed by atoms with Gasteiger partial charge in [0.15, 0.2) is 0 Å². The summed E-state index contributed by atoms with van der Waals surface area (Å²) < 4.78 is 5.70. The number of anilines is 3. The molecule has 2 aliphatic rings. The second-order valence-electron chi connectivity index (χ2n) is 10.2. The number of likely N-dealkylation sites (tertiary alicyclic amines) is 1. The molecular weight excluding hydrogens is 450 g/mol. The van der Waals surface area contributed by atoms with Gasteiger partial charge in [-0.05, 0) is 44.2 Å². The minimum absolute atomic E-state index is 0.394. The molecule has 0 amide bonds. The molecule has 2 saturated heterocycles. The summed E-state index contributed by atoms with van der Waals surface area (Å²) in [5.41, 5.74) is 3.49. The van der Waals surface area contributed by atoms with Crippen LogP contribution >= 0.6 is 0 Å². The number of likely N-dealkylation sites (N-methyl/N-ethyl adjacent to an activating group) is 1. The normalized spacial score (nSPS) is 17.9. The number of piperazine rings is 1. The maximum Gasteiger partial charge on any atom is 0.227 e. The number of para-hydroxylation sites is 1. The summed E-state index contributed by atoms with van der Waals surface area (Å²) in [5, 5.41) is 4.90. The van der Waals surface area contributed by atoms with E-state index in [4.69, 9.17) is 14.7 Å². The summed E-state index contributed by atoms with van der Waals surface area (Å²) >= 11 is 0. The average molecular weight is 490 g/mol. The number of piperidine rings is 1. The average Bonchev–Trinajstić information content (AvgIpc) is 2.90. The number of fused-ring (bicyclic) bond motifs is 1. The Bertz CT molecular complexity index is 1170. The van der Waals surface area contributed by atoms with Gasteiger partial charge in [-0.2, -0.15) is 4.98 Å². The standard InChI is InChI=1S/C28H39N7O/c1-32(2)25-10-7-11-26(36-4)23(25)20-34-14-12-21(13-15-34)29-27-22-8-5-6-9-24(22)30-28(31-27)35-18-16-33(3)17-19-35/h5-11,21H,12-20H2,1-4H3,(H,29,30,31). The molecule has 8 heteroatoms. The first-order valence-electron chi connectivity index (χ1n) is 13.0. The van der Waals surface area contributed by atoms with Crippen LogP contribution in [0.2, 0.25) is 0 Å². The van der Waals surface area contributed by atoms with Crippen LogP contribution in [0.4, 0.5) is 17.5 Å². The van der Waals surface area contributed by atoms with Crippen molar-refractivity contribution in [2.75, 3.05) is 82.6 Å². The minimum Gasteiger partial charge on any atom is -0.496 e. The molecule has 0 aliphatic carbocycles. The number of methoxy groups -OCH3 is 1. The Labute approximate surface area is 214 Å². The monoisotopic (exact) mass is 489 g/mol. The molecule has 3 aromatic rings. The summed E-state index contributed by atoms with van der Waals surface area (Å²) in [6.45, 7) is 6.98. The van der Waals surface area contributed by atoms with Crippen LogP contribution in [0.15, 0.2) is 42.5 Å². The quantitative estimate of drug-likeness (QED) is 0.541. The highest BCUT2D eigenvalue weighted by molar-refractivity contribution is 5.90. The van der Waals surface area contributed by atoms with Gasteiger partial charge in [0.25, 0.3) is 0 Å². The topological polar surface area (TPSA) is 60.0 Å². The van der Waals surface area contributed by atoms with Crippen LogP contribution in [0.5, 0.6) is 5.75 Å². The third-order valence-corrected chi connectivity index (χ3v) is 7.50. The van der Waals surface area contributed by atoms with E-state index in [1.165, 1.54) is 11.3 Å². The predicted molar refractivity (Wildman–Crippen MR) is 148 cm³/mol. The Morgan fingerprint density at radius 2 is 1.69 bits per heavy atom. The molecule has 192 valence electrons. The molecule has 0 bridgehead atoms. The van der Waals surface area contributed by atoms with Crippen LogP contribution in [0, 0.1) is 0 Å². The Morgan fingerprint density at radius 3 is 2.42 bits per heavy atom. The molecule has 0 atom stereocenters. The molecule has 2 aliphatic heterocycles. The van der Waals surface area contributed by atoms with Crippen LogP contribution < -0.4 is 19.9 Å². The first-order valence-corrected chi connectivity index (χ1v) is 13.0. The number of rotatable bonds is 7. The highest BCUT2D eigenvalue weighted by Crippen LogP contribution is 2.31. The molecule has 0 spiro atoms. The van der Waals surface area contributed by atoms with Gasteiger partial charge in [0.1, 0.15) is 11.6 Å². The third kappa shape index (κ3) is 5.34. The van der Waals surface area contributed by atoms with E-state index in [0.717, 1.165) is 87.1 Å². The fraction of sp³-hybridized carbons (Fsp3) is 0.500. The van der Waals surface area contributed by atoms with Crippen molar-refractivity contribution in [1.29, 1.82) is 0 Å². The molecule has 36 heavy (non-hydrogen) atoms. The van der Waals surface area contributed by atoms with Crippen LogP contribution in [0.25, 0.3) is 10.9 Å². The van der Waals surface area contributed by atoms with E-state index < -0.39 is 0 Å². The number of hydrogen-bond acceptors (Lipinski definition) is 8. The predicted octanol–water partition coefficient (Wildman–Crippen LogP) is 3.53. The lowest BCUT2D eigenvalue weighted by Gasteiger charge is -2.34. The molecule has 5 rings (SSSR count). The van der Waals surface area contributed by atoms with Gasteiger partial charge in [-0.15, -0.1) is 0 Å². The number of nitrogens with one attached hydrogen (secondary N) is 1. The van der Waals surface area contributed by atoms with Gasteiger partial charge in [-0.25, -0.2) is 4.98 Å². The highest BCUT2D eigenvalue weighted by Gasteiger charge is 2.24. The van der Waals surface area contributed by atoms with Crippen molar-refractivity contribution >= 4 is 28.4 Å². The molecule has 2 fully saturated rings. The van der Waals surface area contributed by atoms with Crippen molar-refractivity contribution < 1.29 is 4.74 Å². The molecule has 0 radical (unpaired) electrons. The van der Waals surface area contributed by atoms with Crippen molar-refractivity contribution in [2.45, 2.75) is 25.4 Å². The van der Waals surface area contributed by atoms with Gasteiger partial charge in [0.05, 0.1) is 12.6 Å². The zero-order valence-electron chi connectivity index (χ0n) is 22.1. The summed E-state index contributed by atoms with van der Waals surface area (Å²) in [6, 6.07) is 15.1. The van der Waals surface area contributed by atoms with Crippen molar-refractivity contribution in [3.8, 4) is 5.75 Å². The van der Waals surface area contributed by atoms with E-state index >= 15 is 0 Å². The van der Waals surface area contributed by atoms with Gasteiger partial charge in [0, 0.05) is 82.6 Å². The summed E-state index contributed by atoms with van der Waals surface area (Å²) in [6.07, 6.45) is 2.16. The van der Waals surface area contributed by atoms with E-state index in [1.54, 1.807) is 7.11 Å². The maximum atomic E-state index is 5.70. The maximum absolute atomic E-state index is 5.70. The molecule has 8 nitrogen and oxygen atoms in total. The highest BCUT2D eigenvalue weighted by atomic mass is 16.5. The van der Waals surface area contributed by atoms with Gasteiger partial charge < -0.3 is 24.8 Å². The number of aromatic nitrogens is 2. The summed E-state index contributed by atoms with van der Waals surface area (Å²) in [4.78, 5) is 19.3. The first-order chi connectivity index (χ1) is 17.5. The second-order valence-corrected chi connectivity index (χ2v) is 10.2. The molecule has 1 N–H and O–H groups in total. The lowest BCUT2D eigenvalue weighted by Crippen LogP contribution is -2.45. The smallest absolute Gasteiger partial charge is 0.227 e. The fourth-order valence-electron chi connectivity index (χ4n) is 5.30. The summed E-state index contributed by atoms with van der Waals surface area (Å²) in [5.74, 6) is 2.77. The van der Waals surface area contributed by atoms with Crippen LogP contribution in [0.3, 0.4) is 0 Å². The largest absolute Gasteiger partial charge is 0.496 e. The van der Waals surface area contributed by atoms with Crippen LogP contribution in [0.1, 0.15) is 18.4 Å². The lowest BCUT2D eigenvalue weighted by atomic mass is 10.0. The Morgan fingerprint density at radius 1 is 0.944 bits per heavy atom. The zero-order valence-corrected chi connectivity index (χ0v) is 22.1. The zero-order chi connectivity index (χ0) is 25.1. The number of hydrogen-bond donors (Lipinski definition) is 1. The lowest BCUT2D eigenvalue weighted by molar-refractivity contribution is 0.209. The third-order valence-electron chi connectivity index (χ3n) is 7.50. The van der Waals surface area contributed by atoms with Crippen molar-refractivity contribution in [3.63, 3.8) is 0 Å². The van der Waals surface area contributed by atoms with Crippen molar-refractivity contribution in [3.05, 3.63) is 48.0 Å². The first kappa shape index (κ1) is 24.6. The molecular formula is C28H39N7O. The molecule has 3 heterocycles. The van der Waals surface area contributed by atoms with Gasteiger partial charge in [0.2, 0.25) is 5.95 Å². The van der Waals surface area contributed by atoms with Crippen molar-refractivity contribution in [1.82, 2.24) is 19.8 Å². The Hall–Kier alpha value is -3.10. The fourth-order valence-corrected chi connectivity index (χ4v) is 5.30. The van der Waals surface area contributed by atoms with E-state index in [-0.39, 0.29) is 0 Å². The van der Waals surface area contributed by atoms with Crippen molar-refractivity contribution in [2.24, 2.45) is 0 Å². The molecule has 2 aromatic carbocycles. The van der Waals surface area contributed by atoms with Crippen LogP contribution in [-0.2, 0) is 6.54 Å². The van der Waals surface area contributed by atoms with Gasteiger partial charge in [-0.3, -0.25) is 4.90 Å². The summed E-state index contributed by atoms with van der Waals surface area (Å²) in [7, 11) is 8.12. The Balaban J connectivity index is 1.28.